The van der Waals surface area contributed by atoms with E-state index in [1.54, 1.807) is 0 Å². The number of nitrogen functional groups attached to an aromatic ring is 2. The van der Waals surface area contributed by atoms with E-state index in [0.717, 1.165) is 74.6 Å². The van der Waals surface area contributed by atoms with Crippen molar-refractivity contribution in [2.24, 2.45) is 0 Å². The minimum atomic E-state index is -0.233. The molecule has 6 nitrogen and oxygen atoms in total. The number of rotatable bonds is 10. The number of nitrogens with two attached hydrogens (primary N) is 2. The van der Waals surface area contributed by atoms with Crippen LogP contribution in [0.4, 0.5) is 11.4 Å². The molecule has 4 heterocycles. The smallest absolute Gasteiger partial charge is 0.0851 e. The number of benzene rings is 2. The molecule has 2 aromatic rings. The molecule has 4 N–H and O–H groups in total. The monoisotopic (exact) mass is 450 g/mol. The van der Waals surface area contributed by atoms with Crippen LogP contribution in [0.15, 0.2) is 24.3 Å². The van der Waals surface area contributed by atoms with Gasteiger partial charge >= 0.3 is 0 Å². The standard InChI is InChI=1S/C27H34N2O4/c1-15-5-17(3-4-25(15)28)27(9-20-13-32-20,10-21-14-33-21)24-6-16(2)26(29)23(8-19-12-31-19)22(24)7-18-11-30-18/h3-6,18-21H,7-14,28-29H2,1-2H3. The number of hydrogen-bond donors (Lipinski definition) is 2. The molecule has 4 atom stereocenters. The van der Waals surface area contributed by atoms with Crippen molar-refractivity contribution in [3.8, 4) is 0 Å². The molecule has 0 spiro atoms. The van der Waals surface area contributed by atoms with Gasteiger partial charge < -0.3 is 30.4 Å². The first kappa shape index (κ1) is 21.4. The summed E-state index contributed by atoms with van der Waals surface area (Å²) in [5, 5.41) is 0. The van der Waals surface area contributed by atoms with Crippen LogP contribution in [0, 0.1) is 13.8 Å². The van der Waals surface area contributed by atoms with Crippen LogP contribution in [0.3, 0.4) is 0 Å². The third-order valence-corrected chi connectivity index (χ3v) is 7.76. The summed E-state index contributed by atoms with van der Waals surface area (Å²) in [6, 6.07) is 8.86. The topological polar surface area (TPSA) is 102 Å². The molecule has 0 saturated carbocycles. The van der Waals surface area contributed by atoms with E-state index in [0.29, 0.717) is 0 Å². The van der Waals surface area contributed by atoms with Crippen molar-refractivity contribution in [2.75, 3.05) is 37.9 Å². The predicted octanol–water partition coefficient (Wildman–Crippen LogP) is 3.21. The SMILES string of the molecule is Cc1cc(C(CC2CO2)(CC2CO2)c2cc(C)c(N)c(CC3CO3)c2CC2CO2)ccc1N. The number of anilines is 2. The predicted molar refractivity (Wildman–Crippen MR) is 128 cm³/mol. The Labute approximate surface area is 195 Å². The lowest BCUT2D eigenvalue weighted by atomic mass is 9.65. The lowest BCUT2D eigenvalue weighted by molar-refractivity contribution is 0.298. The van der Waals surface area contributed by atoms with Crippen molar-refractivity contribution >= 4 is 11.4 Å². The Bertz CT molecular complexity index is 1050. The Hall–Kier alpha value is -2.12. The van der Waals surface area contributed by atoms with Crippen molar-refractivity contribution in [2.45, 2.75) is 69.4 Å². The van der Waals surface area contributed by atoms with Gasteiger partial charge in [0.2, 0.25) is 0 Å². The molecule has 4 saturated heterocycles. The van der Waals surface area contributed by atoms with Gasteiger partial charge in [-0.05, 0) is 66.1 Å². The van der Waals surface area contributed by atoms with Crippen LogP contribution < -0.4 is 11.5 Å². The highest BCUT2D eigenvalue weighted by Gasteiger charge is 2.47. The van der Waals surface area contributed by atoms with Gasteiger partial charge in [0.15, 0.2) is 0 Å². The Balaban J connectivity index is 1.57. The number of epoxide rings is 4. The average Bonchev–Trinajstić information content (AvgIpc) is 3.61. The molecule has 4 unspecified atom stereocenters. The van der Waals surface area contributed by atoms with Gasteiger partial charge in [-0.2, -0.15) is 0 Å². The van der Waals surface area contributed by atoms with Gasteiger partial charge in [-0.15, -0.1) is 0 Å². The fourth-order valence-corrected chi connectivity index (χ4v) is 5.48. The maximum Gasteiger partial charge on any atom is 0.0851 e. The molecule has 0 amide bonds. The molecule has 0 aliphatic carbocycles. The molecule has 33 heavy (non-hydrogen) atoms. The summed E-state index contributed by atoms with van der Waals surface area (Å²) in [5.74, 6) is 0. The van der Waals surface area contributed by atoms with Crippen LogP contribution in [-0.4, -0.2) is 50.8 Å². The van der Waals surface area contributed by atoms with E-state index in [1.165, 1.54) is 22.3 Å². The summed E-state index contributed by atoms with van der Waals surface area (Å²) >= 11 is 0. The molecule has 0 bridgehead atoms. The van der Waals surface area contributed by atoms with Gasteiger partial charge in [-0.3, -0.25) is 0 Å². The molecule has 4 aliphatic heterocycles. The van der Waals surface area contributed by atoms with E-state index in [4.69, 9.17) is 30.4 Å². The summed E-state index contributed by atoms with van der Waals surface area (Å²) < 4.78 is 23.0. The largest absolute Gasteiger partial charge is 0.399 e. The van der Waals surface area contributed by atoms with Crippen LogP contribution in [0.2, 0.25) is 0 Å². The van der Waals surface area contributed by atoms with Gasteiger partial charge in [-0.25, -0.2) is 0 Å². The zero-order valence-corrected chi connectivity index (χ0v) is 19.6. The summed E-state index contributed by atoms with van der Waals surface area (Å²) in [5.41, 5.74) is 21.9. The second-order valence-corrected chi connectivity index (χ2v) is 10.4. The van der Waals surface area contributed by atoms with Gasteiger partial charge in [0.05, 0.1) is 50.8 Å². The number of aryl methyl sites for hydroxylation is 2. The van der Waals surface area contributed by atoms with Gasteiger partial charge in [-0.1, -0.05) is 18.2 Å². The van der Waals surface area contributed by atoms with Gasteiger partial charge in [0, 0.05) is 29.6 Å². The molecule has 176 valence electrons. The third kappa shape index (κ3) is 4.37. The minimum absolute atomic E-state index is 0.233. The summed E-state index contributed by atoms with van der Waals surface area (Å²) in [7, 11) is 0. The highest BCUT2D eigenvalue weighted by molar-refractivity contribution is 5.64. The molecule has 6 heteroatoms. The van der Waals surface area contributed by atoms with Crippen LogP contribution in [0.5, 0.6) is 0 Å². The maximum atomic E-state index is 6.72. The van der Waals surface area contributed by atoms with Crippen molar-refractivity contribution in [3.05, 3.63) is 57.6 Å². The van der Waals surface area contributed by atoms with Gasteiger partial charge in [0.25, 0.3) is 0 Å². The molecule has 4 fully saturated rings. The van der Waals surface area contributed by atoms with E-state index in [9.17, 15) is 0 Å². The van der Waals surface area contributed by atoms with E-state index in [-0.39, 0.29) is 29.8 Å². The summed E-state index contributed by atoms with van der Waals surface area (Å²) in [4.78, 5) is 0. The highest BCUT2D eigenvalue weighted by atomic mass is 16.6. The Morgan fingerprint density at radius 3 is 1.82 bits per heavy atom. The van der Waals surface area contributed by atoms with Crippen molar-refractivity contribution < 1.29 is 18.9 Å². The number of hydrogen-bond acceptors (Lipinski definition) is 6. The van der Waals surface area contributed by atoms with E-state index in [1.807, 2.05) is 6.07 Å². The zero-order valence-electron chi connectivity index (χ0n) is 19.6. The Morgan fingerprint density at radius 1 is 0.758 bits per heavy atom. The summed E-state index contributed by atoms with van der Waals surface area (Å²) in [6.45, 7) is 7.49. The third-order valence-electron chi connectivity index (χ3n) is 7.76. The van der Waals surface area contributed by atoms with Crippen LogP contribution in [0.25, 0.3) is 0 Å². The van der Waals surface area contributed by atoms with Gasteiger partial charge in [0.1, 0.15) is 0 Å². The highest BCUT2D eigenvalue weighted by Crippen LogP contribution is 2.49. The molecular weight excluding hydrogens is 416 g/mol. The second-order valence-electron chi connectivity index (χ2n) is 10.4. The lowest BCUT2D eigenvalue weighted by Gasteiger charge is -2.38. The van der Waals surface area contributed by atoms with Crippen molar-refractivity contribution in [1.29, 1.82) is 0 Å². The van der Waals surface area contributed by atoms with Crippen LogP contribution >= 0.6 is 0 Å². The normalized spacial score (nSPS) is 28.9. The van der Waals surface area contributed by atoms with Crippen LogP contribution in [-0.2, 0) is 37.2 Å². The van der Waals surface area contributed by atoms with E-state index < -0.39 is 0 Å². The maximum absolute atomic E-state index is 6.72. The average molecular weight is 451 g/mol. The molecule has 2 aromatic carbocycles. The molecule has 0 radical (unpaired) electrons. The summed E-state index contributed by atoms with van der Waals surface area (Å²) in [6.07, 6.45) is 4.67. The molecule has 6 rings (SSSR count). The molecule has 0 aromatic heterocycles. The zero-order chi connectivity index (χ0) is 22.7. The second kappa shape index (κ2) is 7.98. The van der Waals surface area contributed by atoms with E-state index >= 15 is 0 Å². The lowest BCUT2D eigenvalue weighted by Crippen LogP contribution is -2.34. The first-order chi connectivity index (χ1) is 15.9. The van der Waals surface area contributed by atoms with E-state index in [2.05, 4.69) is 32.0 Å². The minimum Gasteiger partial charge on any atom is -0.399 e. The number of ether oxygens (including phenoxy) is 4. The first-order valence-corrected chi connectivity index (χ1v) is 12.2. The fraction of sp³-hybridized carbons (Fsp3) is 0.556. The van der Waals surface area contributed by atoms with Crippen molar-refractivity contribution in [1.82, 2.24) is 0 Å². The Morgan fingerprint density at radius 2 is 1.30 bits per heavy atom. The molecule has 4 aliphatic rings. The molecular formula is C27H34N2O4. The quantitative estimate of drug-likeness (QED) is 0.426. The fourth-order valence-electron chi connectivity index (χ4n) is 5.48. The van der Waals surface area contributed by atoms with Crippen LogP contribution in [0.1, 0.15) is 46.2 Å². The first-order valence-electron chi connectivity index (χ1n) is 12.2. The Kier molecular flexibility index (Phi) is 5.18. The van der Waals surface area contributed by atoms with Crippen molar-refractivity contribution in [3.63, 3.8) is 0 Å².